The molecule has 2 aliphatic rings. The fraction of sp³-hybridized carbons (Fsp3) is 0.304. The van der Waals surface area contributed by atoms with Crippen LogP contribution in [-0.2, 0) is 11.8 Å². The van der Waals surface area contributed by atoms with Gasteiger partial charge in [-0.1, -0.05) is 51.1 Å². The number of aryl methyl sites for hydroxylation is 1. The molecule has 2 aromatic carbocycles. The first-order valence-corrected chi connectivity index (χ1v) is 9.53. The van der Waals surface area contributed by atoms with Gasteiger partial charge < -0.3 is 9.80 Å². The van der Waals surface area contributed by atoms with Gasteiger partial charge >= 0.3 is 0 Å². The van der Waals surface area contributed by atoms with Crippen molar-refractivity contribution in [2.45, 2.75) is 45.7 Å². The fourth-order valence-electron chi connectivity index (χ4n) is 4.27. The molecule has 4 nitrogen and oxygen atoms in total. The molecule has 1 unspecified atom stereocenters. The molecule has 2 aliphatic heterocycles. The number of fused-ring (bicyclic) bond motifs is 5. The zero-order chi connectivity index (χ0) is 18.8. The van der Waals surface area contributed by atoms with E-state index in [0.717, 1.165) is 18.1 Å². The molecule has 0 N–H and O–H groups in total. The second-order valence-corrected chi connectivity index (χ2v) is 8.51. The summed E-state index contributed by atoms with van der Waals surface area (Å²) in [6.45, 7) is 8.97. The molecule has 0 saturated carbocycles. The van der Waals surface area contributed by atoms with Gasteiger partial charge in [-0.15, -0.1) is 0 Å². The minimum absolute atomic E-state index is 0.148. The second kappa shape index (κ2) is 5.56. The molecule has 3 heterocycles. The van der Waals surface area contributed by atoms with Crippen LogP contribution in [0.4, 0.5) is 23.0 Å². The van der Waals surface area contributed by atoms with Crippen LogP contribution >= 0.6 is 0 Å². The van der Waals surface area contributed by atoms with Crippen LogP contribution in [-0.4, -0.2) is 16.1 Å². The van der Waals surface area contributed by atoms with Crippen LogP contribution in [0.1, 0.15) is 37.5 Å². The van der Waals surface area contributed by atoms with Gasteiger partial charge in [0, 0.05) is 30.2 Å². The summed E-state index contributed by atoms with van der Waals surface area (Å²) >= 11 is 0. The van der Waals surface area contributed by atoms with Gasteiger partial charge in [-0.25, -0.2) is 9.97 Å². The Morgan fingerprint density at radius 2 is 1.56 bits per heavy atom. The summed E-state index contributed by atoms with van der Waals surface area (Å²) in [6.07, 6.45) is 4.73. The van der Waals surface area contributed by atoms with Gasteiger partial charge in [0.2, 0.25) is 0 Å². The molecular formula is C23H24N4. The van der Waals surface area contributed by atoms with Gasteiger partial charge in [0.05, 0.1) is 0 Å². The highest BCUT2D eigenvalue weighted by Gasteiger charge is 2.45. The Morgan fingerprint density at radius 1 is 0.889 bits per heavy atom. The van der Waals surface area contributed by atoms with Crippen LogP contribution in [0.5, 0.6) is 0 Å². The largest absolute Gasteiger partial charge is 0.301 e. The van der Waals surface area contributed by atoms with Gasteiger partial charge in [-0.2, -0.15) is 0 Å². The molecule has 3 aromatic rings. The van der Waals surface area contributed by atoms with Crippen molar-refractivity contribution in [3.63, 3.8) is 0 Å². The van der Waals surface area contributed by atoms with E-state index in [0.29, 0.717) is 0 Å². The summed E-state index contributed by atoms with van der Waals surface area (Å²) in [5.74, 6) is 1.90. The van der Waals surface area contributed by atoms with Crippen LogP contribution in [0.15, 0.2) is 54.9 Å². The van der Waals surface area contributed by atoms with Crippen molar-refractivity contribution in [2.75, 3.05) is 9.80 Å². The lowest BCUT2D eigenvalue weighted by Crippen LogP contribution is -2.36. The maximum atomic E-state index is 4.70. The summed E-state index contributed by atoms with van der Waals surface area (Å²) in [5.41, 5.74) is 6.63. The zero-order valence-corrected chi connectivity index (χ0v) is 16.3. The highest BCUT2D eigenvalue weighted by atomic mass is 15.5. The smallest absolute Gasteiger partial charge is 0.178 e. The van der Waals surface area contributed by atoms with Crippen molar-refractivity contribution >= 4 is 23.0 Å². The van der Waals surface area contributed by atoms with Crippen LogP contribution in [0.25, 0.3) is 0 Å². The Bertz CT molecular complexity index is 1030. The van der Waals surface area contributed by atoms with Crippen molar-refractivity contribution in [1.29, 1.82) is 0 Å². The van der Waals surface area contributed by atoms with E-state index in [4.69, 9.17) is 9.97 Å². The lowest BCUT2D eigenvalue weighted by atomic mass is 9.86. The number of rotatable bonds is 1. The van der Waals surface area contributed by atoms with Crippen molar-refractivity contribution < 1.29 is 0 Å². The molecule has 1 aromatic heterocycles. The van der Waals surface area contributed by atoms with Crippen molar-refractivity contribution in [3.05, 3.63) is 71.5 Å². The first kappa shape index (κ1) is 16.3. The van der Waals surface area contributed by atoms with Crippen molar-refractivity contribution in [1.82, 2.24) is 9.97 Å². The van der Waals surface area contributed by atoms with Gasteiger partial charge in [-0.3, -0.25) is 0 Å². The third kappa shape index (κ3) is 2.36. The minimum atomic E-state index is 0.148. The van der Waals surface area contributed by atoms with Gasteiger partial charge in [0.25, 0.3) is 0 Å². The van der Waals surface area contributed by atoms with Crippen LogP contribution in [0.3, 0.4) is 0 Å². The predicted octanol–water partition coefficient (Wildman–Crippen LogP) is 5.25. The number of hydrogen-bond acceptors (Lipinski definition) is 4. The van der Waals surface area contributed by atoms with E-state index in [-0.39, 0.29) is 11.6 Å². The molecular weight excluding hydrogens is 332 g/mol. The van der Waals surface area contributed by atoms with E-state index < -0.39 is 0 Å². The standard InChI is InChI=1S/C23H24N4/c1-15-7-5-6-8-18(15)26-20-14-16-13-17(23(2,3)4)9-10-19(16)27(20)22-21(26)24-11-12-25-22/h5-13,20H,14H2,1-4H3. The first-order valence-electron chi connectivity index (χ1n) is 9.53. The van der Waals surface area contributed by atoms with Gasteiger partial charge in [0.1, 0.15) is 6.17 Å². The Labute approximate surface area is 160 Å². The number of hydrogen-bond donors (Lipinski definition) is 0. The van der Waals surface area contributed by atoms with Gasteiger partial charge in [0.15, 0.2) is 11.6 Å². The molecule has 5 rings (SSSR count). The Kier molecular flexibility index (Phi) is 3.36. The second-order valence-electron chi connectivity index (χ2n) is 8.51. The number of aromatic nitrogens is 2. The molecule has 136 valence electrons. The van der Waals surface area contributed by atoms with Crippen molar-refractivity contribution in [2.24, 2.45) is 0 Å². The monoisotopic (exact) mass is 356 g/mol. The molecule has 4 heteroatoms. The Hall–Kier alpha value is -2.88. The highest BCUT2D eigenvalue weighted by Crippen LogP contribution is 2.51. The molecule has 0 aliphatic carbocycles. The fourth-order valence-corrected chi connectivity index (χ4v) is 4.27. The van der Waals surface area contributed by atoms with Gasteiger partial charge in [-0.05, 0) is 41.2 Å². The number of benzene rings is 2. The normalized spacial score (nSPS) is 17.7. The van der Waals surface area contributed by atoms with E-state index in [9.17, 15) is 0 Å². The topological polar surface area (TPSA) is 32.3 Å². The molecule has 0 amide bonds. The summed E-state index contributed by atoms with van der Waals surface area (Å²) in [6, 6.07) is 15.4. The average Bonchev–Trinajstić information content (AvgIpc) is 3.15. The lowest BCUT2D eigenvalue weighted by Gasteiger charge is -2.27. The van der Waals surface area contributed by atoms with Crippen LogP contribution in [0.2, 0.25) is 0 Å². The number of anilines is 4. The molecule has 1 atom stereocenters. The molecule has 0 bridgehead atoms. The summed E-state index contributed by atoms with van der Waals surface area (Å²) in [5, 5.41) is 0. The third-order valence-corrected chi connectivity index (χ3v) is 5.70. The molecule has 0 fully saturated rings. The highest BCUT2D eigenvalue weighted by molar-refractivity contribution is 5.87. The SMILES string of the molecule is Cc1ccccc1N1c2nccnc2N2c3ccc(C(C)(C)C)cc3CC12. The van der Waals surface area contributed by atoms with Crippen LogP contribution in [0, 0.1) is 6.92 Å². The van der Waals surface area contributed by atoms with E-state index in [1.807, 2.05) is 0 Å². The summed E-state index contributed by atoms with van der Waals surface area (Å²) in [7, 11) is 0. The summed E-state index contributed by atoms with van der Waals surface area (Å²) < 4.78 is 0. The molecule has 0 radical (unpaired) electrons. The van der Waals surface area contributed by atoms with E-state index in [1.54, 1.807) is 12.4 Å². The lowest BCUT2D eigenvalue weighted by molar-refractivity contribution is 0.589. The summed E-state index contributed by atoms with van der Waals surface area (Å²) in [4.78, 5) is 14.1. The molecule has 0 spiro atoms. The molecule has 27 heavy (non-hydrogen) atoms. The third-order valence-electron chi connectivity index (χ3n) is 5.70. The first-order chi connectivity index (χ1) is 12.9. The van der Waals surface area contributed by atoms with E-state index in [1.165, 1.54) is 28.1 Å². The molecule has 0 saturated heterocycles. The zero-order valence-electron chi connectivity index (χ0n) is 16.3. The van der Waals surface area contributed by atoms with Crippen LogP contribution < -0.4 is 9.80 Å². The Balaban J connectivity index is 1.67. The van der Waals surface area contributed by atoms with E-state index in [2.05, 4.69) is 80.0 Å². The average molecular weight is 356 g/mol. The van der Waals surface area contributed by atoms with Crippen molar-refractivity contribution in [3.8, 4) is 0 Å². The maximum Gasteiger partial charge on any atom is 0.178 e. The quantitative estimate of drug-likeness (QED) is 0.596. The Morgan fingerprint density at radius 3 is 2.22 bits per heavy atom. The number of para-hydroxylation sites is 1. The minimum Gasteiger partial charge on any atom is -0.301 e. The predicted molar refractivity (Wildman–Crippen MR) is 110 cm³/mol. The maximum absolute atomic E-state index is 4.70. The number of nitrogens with zero attached hydrogens (tertiary/aromatic N) is 4. The van der Waals surface area contributed by atoms with E-state index >= 15 is 0 Å².